The zero-order valence-electron chi connectivity index (χ0n) is 11.1. The highest BCUT2D eigenvalue weighted by Crippen LogP contribution is 2.38. The number of aromatic nitrogens is 2. The summed E-state index contributed by atoms with van der Waals surface area (Å²) in [6.45, 7) is 0.714. The van der Waals surface area contributed by atoms with Crippen LogP contribution >= 0.6 is 15.9 Å². The number of hydrogen-bond donors (Lipinski definition) is 2. The van der Waals surface area contributed by atoms with Crippen LogP contribution in [0, 0.1) is 11.7 Å². The van der Waals surface area contributed by atoms with Crippen molar-refractivity contribution in [1.82, 2.24) is 15.3 Å². The van der Waals surface area contributed by atoms with Crippen LogP contribution in [0.5, 0.6) is 0 Å². The van der Waals surface area contributed by atoms with E-state index in [1.807, 2.05) is 12.3 Å². The molecular weight excluding hydrogens is 321 g/mol. The van der Waals surface area contributed by atoms with E-state index in [-0.39, 0.29) is 11.9 Å². The van der Waals surface area contributed by atoms with E-state index in [1.54, 1.807) is 12.4 Å². The Morgan fingerprint density at radius 1 is 1.40 bits per heavy atom. The predicted octanol–water partition coefficient (Wildman–Crippen LogP) is 3.94. The number of nitrogens with zero attached hydrogens (tertiary/aromatic N) is 1. The first-order valence-corrected chi connectivity index (χ1v) is 7.66. The van der Waals surface area contributed by atoms with Gasteiger partial charge >= 0.3 is 0 Å². The second-order valence-electron chi connectivity index (χ2n) is 5.39. The summed E-state index contributed by atoms with van der Waals surface area (Å²) >= 11 is 3.37. The molecule has 0 saturated heterocycles. The van der Waals surface area contributed by atoms with Gasteiger partial charge in [-0.3, -0.25) is 0 Å². The van der Waals surface area contributed by atoms with Gasteiger partial charge in [0.15, 0.2) is 0 Å². The highest BCUT2D eigenvalue weighted by Gasteiger charge is 2.26. The van der Waals surface area contributed by atoms with Crippen LogP contribution in [0.3, 0.4) is 0 Å². The molecule has 3 nitrogen and oxygen atoms in total. The van der Waals surface area contributed by atoms with Crippen molar-refractivity contribution in [1.29, 1.82) is 0 Å². The first-order valence-electron chi connectivity index (χ1n) is 6.87. The highest BCUT2D eigenvalue weighted by atomic mass is 79.9. The van der Waals surface area contributed by atoms with Gasteiger partial charge in [0, 0.05) is 29.0 Å². The Morgan fingerprint density at radius 3 is 2.90 bits per heavy atom. The number of aromatic amines is 1. The van der Waals surface area contributed by atoms with Gasteiger partial charge in [0.2, 0.25) is 0 Å². The summed E-state index contributed by atoms with van der Waals surface area (Å²) in [7, 11) is 0. The second-order valence-corrected chi connectivity index (χ2v) is 6.31. The molecule has 0 spiro atoms. The Hall–Kier alpha value is -1.20. The Morgan fingerprint density at radius 2 is 2.25 bits per heavy atom. The van der Waals surface area contributed by atoms with Crippen molar-refractivity contribution < 1.29 is 4.39 Å². The molecule has 0 bridgehead atoms. The molecule has 1 aromatic carbocycles. The van der Waals surface area contributed by atoms with Crippen LogP contribution in [-0.4, -0.2) is 9.97 Å². The van der Waals surface area contributed by atoms with Crippen molar-refractivity contribution >= 4 is 15.9 Å². The molecule has 3 rings (SSSR count). The first kappa shape index (κ1) is 13.8. The lowest BCUT2D eigenvalue weighted by Gasteiger charge is -2.19. The summed E-state index contributed by atoms with van der Waals surface area (Å²) < 4.78 is 14.4. The van der Waals surface area contributed by atoms with Gasteiger partial charge in [-0.1, -0.05) is 28.8 Å². The van der Waals surface area contributed by atoms with Gasteiger partial charge in [-0.2, -0.15) is 0 Å². The fourth-order valence-corrected chi connectivity index (χ4v) is 2.90. The molecule has 20 heavy (non-hydrogen) atoms. The predicted molar refractivity (Wildman–Crippen MR) is 79.6 cm³/mol. The zero-order chi connectivity index (χ0) is 13.9. The largest absolute Gasteiger partial charge is 0.347 e. The van der Waals surface area contributed by atoms with E-state index in [9.17, 15) is 4.39 Å². The fraction of sp³-hybridized carbons (Fsp3) is 0.400. The van der Waals surface area contributed by atoms with E-state index in [0.717, 1.165) is 28.1 Å². The molecule has 2 aromatic rings. The van der Waals surface area contributed by atoms with E-state index in [2.05, 4.69) is 31.2 Å². The standard InChI is InChI=1S/C15H17BrFN3/c16-12-4-11(5-13(17)6-12)15(3-10-1-2-10)19-8-14-7-18-9-20-14/h4-7,9-10,15,19H,1-3,8H2,(H,18,20). The normalized spacial score (nSPS) is 16.3. The van der Waals surface area contributed by atoms with Crippen LogP contribution in [-0.2, 0) is 6.54 Å². The summed E-state index contributed by atoms with van der Waals surface area (Å²) in [5, 5.41) is 3.51. The van der Waals surface area contributed by atoms with Gasteiger partial charge in [-0.05, 0) is 36.1 Å². The van der Waals surface area contributed by atoms with Crippen LogP contribution in [0.15, 0.2) is 35.2 Å². The summed E-state index contributed by atoms with van der Waals surface area (Å²) in [5.74, 6) is 0.579. The van der Waals surface area contributed by atoms with Crippen molar-refractivity contribution in [2.75, 3.05) is 0 Å². The third-order valence-corrected chi connectivity index (χ3v) is 4.10. The topological polar surface area (TPSA) is 40.7 Å². The Labute approximate surface area is 126 Å². The molecule has 1 unspecified atom stereocenters. The average molecular weight is 338 g/mol. The number of benzene rings is 1. The minimum absolute atomic E-state index is 0.179. The van der Waals surface area contributed by atoms with Crippen molar-refractivity contribution in [3.05, 3.63) is 52.3 Å². The van der Waals surface area contributed by atoms with Gasteiger partial charge in [0.1, 0.15) is 5.82 Å². The first-order chi connectivity index (χ1) is 9.70. The third kappa shape index (κ3) is 3.67. The smallest absolute Gasteiger partial charge is 0.124 e. The monoisotopic (exact) mass is 337 g/mol. The molecule has 1 aromatic heterocycles. The minimum Gasteiger partial charge on any atom is -0.347 e. The van der Waals surface area contributed by atoms with Crippen molar-refractivity contribution in [3.8, 4) is 0 Å². The Balaban J connectivity index is 1.73. The molecule has 0 radical (unpaired) electrons. The molecule has 2 N–H and O–H groups in total. The molecule has 5 heteroatoms. The van der Waals surface area contributed by atoms with Crippen LogP contribution in [0.1, 0.15) is 36.6 Å². The van der Waals surface area contributed by atoms with Gasteiger partial charge in [-0.15, -0.1) is 0 Å². The van der Waals surface area contributed by atoms with Crippen molar-refractivity contribution in [2.45, 2.75) is 31.8 Å². The van der Waals surface area contributed by atoms with E-state index >= 15 is 0 Å². The molecule has 1 atom stereocenters. The molecular formula is C15H17BrFN3. The molecule has 0 amide bonds. The van der Waals surface area contributed by atoms with Gasteiger partial charge < -0.3 is 10.3 Å². The maximum Gasteiger partial charge on any atom is 0.124 e. The molecule has 1 saturated carbocycles. The van der Waals surface area contributed by atoms with Gasteiger partial charge in [0.05, 0.1) is 6.33 Å². The molecule has 1 fully saturated rings. The Bertz CT molecular complexity index is 546. The Kier molecular flexibility index (Phi) is 4.17. The lowest BCUT2D eigenvalue weighted by atomic mass is 10.0. The molecule has 0 aliphatic heterocycles. The van der Waals surface area contributed by atoms with Crippen molar-refractivity contribution in [2.24, 2.45) is 5.92 Å². The molecule has 1 aliphatic rings. The number of rotatable bonds is 6. The number of halogens is 2. The second kappa shape index (κ2) is 6.06. The molecule has 1 aliphatic carbocycles. The van der Waals surface area contributed by atoms with E-state index < -0.39 is 0 Å². The van der Waals surface area contributed by atoms with E-state index in [4.69, 9.17) is 0 Å². The minimum atomic E-state index is -0.196. The SMILES string of the molecule is Fc1cc(Br)cc(C(CC2CC2)NCc2cnc[nH]2)c1. The fourth-order valence-electron chi connectivity index (χ4n) is 2.42. The third-order valence-electron chi connectivity index (χ3n) is 3.65. The number of imidazole rings is 1. The number of H-pyrrole nitrogens is 1. The summed E-state index contributed by atoms with van der Waals surface area (Å²) in [4.78, 5) is 7.09. The maximum absolute atomic E-state index is 13.6. The van der Waals surface area contributed by atoms with E-state index in [0.29, 0.717) is 6.54 Å². The van der Waals surface area contributed by atoms with Crippen LogP contribution < -0.4 is 5.32 Å². The number of hydrogen-bond acceptors (Lipinski definition) is 2. The van der Waals surface area contributed by atoms with Crippen LogP contribution in [0.4, 0.5) is 4.39 Å². The van der Waals surface area contributed by atoms with Crippen LogP contribution in [0.25, 0.3) is 0 Å². The van der Waals surface area contributed by atoms with E-state index in [1.165, 1.54) is 18.9 Å². The van der Waals surface area contributed by atoms with Gasteiger partial charge in [-0.25, -0.2) is 9.37 Å². The molecule has 106 valence electrons. The lowest BCUT2D eigenvalue weighted by Crippen LogP contribution is -2.22. The maximum atomic E-state index is 13.6. The quantitative estimate of drug-likeness (QED) is 0.838. The zero-order valence-corrected chi connectivity index (χ0v) is 12.7. The van der Waals surface area contributed by atoms with Gasteiger partial charge in [0.25, 0.3) is 0 Å². The molecule has 1 heterocycles. The number of nitrogens with one attached hydrogen (secondary N) is 2. The highest BCUT2D eigenvalue weighted by molar-refractivity contribution is 9.10. The summed E-state index contributed by atoms with van der Waals surface area (Å²) in [6.07, 6.45) is 7.12. The van der Waals surface area contributed by atoms with Crippen LogP contribution in [0.2, 0.25) is 0 Å². The summed E-state index contributed by atoms with van der Waals surface area (Å²) in [5.41, 5.74) is 2.05. The summed E-state index contributed by atoms with van der Waals surface area (Å²) in [6, 6.07) is 5.29. The van der Waals surface area contributed by atoms with Crippen molar-refractivity contribution in [3.63, 3.8) is 0 Å². The lowest BCUT2D eigenvalue weighted by molar-refractivity contribution is 0.467. The average Bonchev–Trinajstić information content (AvgIpc) is 3.06.